The maximum absolute atomic E-state index is 12.0. The summed E-state index contributed by atoms with van der Waals surface area (Å²) < 4.78 is 25.4. The number of hydrogen-bond acceptors (Lipinski definition) is 6. The first-order chi connectivity index (χ1) is 10.5. The molecule has 0 unspecified atom stereocenters. The van der Waals surface area contributed by atoms with E-state index in [1.54, 1.807) is 30.3 Å². The van der Waals surface area contributed by atoms with Crippen LogP contribution in [0.25, 0.3) is 0 Å². The van der Waals surface area contributed by atoms with Gasteiger partial charge in [0.05, 0.1) is 12.3 Å². The van der Waals surface area contributed by atoms with Gasteiger partial charge in [0.2, 0.25) is 21.9 Å². The number of hydrogen-bond donors (Lipinski definition) is 1. The van der Waals surface area contributed by atoms with Gasteiger partial charge in [-0.15, -0.1) is 0 Å². The van der Waals surface area contributed by atoms with Crippen LogP contribution in [0.4, 0.5) is 5.95 Å². The minimum Gasteiger partial charge on any atom is -0.338 e. The fourth-order valence-corrected chi connectivity index (χ4v) is 3.26. The maximum Gasteiger partial charge on any atom is 0.237 e. The normalized spacial score (nSPS) is 15.9. The summed E-state index contributed by atoms with van der Waals surface area (Å²) in [6, 6.07) is 1.76. The van der Waals surface area contributed by atoms with E-state index in [0.717, 1.165) is 0 Å². The number of amides is 1. The molecule has 1 saturated heterocycles. The third-order valence-corrected chi connectivity index (χ3v) is 4.91. The Morgan fingerprint density at radius 2 is 1.86 bits per heavy atom. The first-order valence-corrected chi connectivity index (χ1v) is 8.94. The smallest absolute Gasteiger partial charge is 0.237 e. The predicted molar refractivity (Wildman–Crippen MR) is 82.9 cm³/mol. The van der Waals surface area contributed by atoms with Crippen molar-refractivity contribution in [3.8, 4) is 0 Å². The number of nitrogens with one attached hydrogen (secondary N) is 1. The third kappa shape index (κ3) is 4.63. The number of aromatic nitrogens is 2. The number of piperazine rings is 1. The van der Waals surface area contributed by atoms with Crippen molar-refractivity contribution in [2.45, 2.75) is 13.3 Å². The highest BCUT2D eigenvalue weighted by Crippen LogP contribution is 2.09. The van der Waals surface area contributed by atoms with E-state index in [4.69, 9.17) is 0 Å². The molecule has 0 atom stereocenters. The van der Waals surface area contributed by atoms with Gasteiger partial charge in [-0.25, -0.2) is 23.1 Å². The fraction of sp³-hybridized carbons (Fsp3) is 0.615. The van der Waals surface area contributed by atoms with Crippen LogP contribution in [0, 0.1) is 0 Å². The quantitative estimate of drug-likeness (QED) is 0.753. The number of sulfonamides is 1. The molecule has 1 aromatic heterocycles. The number of rotatable bonds is 6. The fourth-order valence-electron chi connectivity index (χ4n) is 2.23. The molecule has 0 aromatic carbocycles. The molecule has 1 aromatic rings. The van der Waals surface area contributed by atoms with Gasteiger partial charge in [-0.2, -0.15) is 0 Å². The van der Waals surface area contributed by atoms with Crippen LogP contribution in [-0.4, -0.2) is 67.7 Å². The second kappa shape index (κ2) is 7.50. The molecule has 2 heterocycles. The van der Waals surface area contributed by atoms with Crippen LogP contribution in [0.2, 0.25) is 0 Å². The van der Waals surface area contributed by atoms with Crippen LogP contribution in [0.1, 0.15) is 13.3 Å². The second-order valence-corrected chi connectivity index (χ2v) is 6.98. The minimum absolute atomic E-state index is 0.0411. The van der Waals surface area contributed by atoms with Gasteiger partial charge in [-0.3, -0.25) is 4.79 Å². The summed E-state index contributed by atoms with van der Waals surface area (Å²) >= 11 is 0. The van der Waals surface area contributed by atoms with Crippen molar-refractivity contribution in [2.75, 3.05) is 43.4 Å². The zero-order chi connectivity index (χ0) is 16.0. The highest BCUT2D eigenvalue weighted by atomic mass is 32.2. The summed E-state index contributed by atoms with van der Waals surface area (Å²) in [6.07, 6.45) is 3.89. The van der Waals surface area contributed by atoms with Crippen molar-refractivity contribution in [3.63, 3.8) is 0 Å². The van der Waals surface area contributed by atoms with Crippen molar-refractivity contribution in [1.29, 1.82) is 0 Å². The molecule has 1 fully saturated rings. The van der Waals surface area contributed by atoms with Crippen LogP contribution in [0.5, 0.6) is 0 Å². The molecule has 2 rings (SSSR count). The summed E-state index contributed by atoms with van der Waals surface area (Å²) in [5.41, 5.74) is 0. The van der Waals surface area contributed by atoms with Gasteiger partial charge in [0, 0.05) is 38.6 Å². The molecule has 0 radical (unpaired) electrons. The molecular weight excluding hydrogens is 306 g/mol. The van der Waals surface area contributed by atoms with Crippen molar-refractivity contribution in [1.82, 2.24) is 19.6 Å². The minimum atomic E-state index is -3.35. The zero-order valence-electron chi connectivity index (χ0n) is 12.6. The molecule has 1 aliphatic heterocycles. The molecule has 1 aliphatic rings. The lowest BCUT2D eigenvalue weighted by Crippen LogP contribution is -2.51. The monoisotopic (exact) mass is 327 g/mol. The average Bonchev–Trinajstić information content (AvgIpc) is 2.54. The lowest BCUT2D eigenvalue weighted by Gasteiger charge is -2.34. The van der Waals surface area contributed by atoms with Gasteiger partial charge in [0.15, 0.2) is 0 Å². The number of anilines is 1. The molecule has 9 heteroatoms. The zero-order valence-corrected chi connectivity index (χ0v) is 13.4. The average molecular weight is 327 g/mol. The number of carbonyl (C=O) groups is 1. The third-order valence-electron chi connectivity index (χ3n) is 3.38. The summed E-state index contributed by atoms with van der Waals surface area (Å²) in [5.74, 6) is 0.492. The number of nitrogens with zero attached hydrogens (tertiary/aromatic N) is 4. The van der Waals surface area contributed by atoms with Crippen molar-refractivity contribution < 1.29 is 13.2 Å². The van der Waals surface area contributed by atoms with E-state index in [1.165, 1.54) is 0 Å². The maximum atomic E-state index is 12.0. The Labute approximate surface area is 130 Å². The van der Waals surface area contributed by atoms with Crippen LogP contribution in [0.3, 0.4) is 0 Å². The van der Waals surface area contributed by atoms with Gasteiger partial charge < -0.3 is 9.80 Å². The van der Waals surface area contributed by atoms with Gasteiger partial charge in [-0.05, 0) is 12.5 Å². The Bertz CT molecular complexity index is 585. The molecule has 0 saturated carbocycles. The Kier molecular flexibility index (Phi) is 5.67. The van der Waals surface area contributed by atoms with Crippen molar-refractivity contribution >= 4 is 21.9 Å². The Hall–Kier alpha value is -1.74. The predicted octanol–water partition coefficient (Wildman–Crippen LogP) is -0.545. The first-order valence-electron chi connectivity index (χ1n) is 7.29. The van der Waals surface area contributed by atoms with Gasteiger partial charge in [0.1, 0.15) is 0 Å². The Morgan fingerprint density at radius 1 is 1.23 bits per heavy atom. The van der Waals surface area contributed by atoms with E-state index in [0.29, 0.717) is 38.5 Å². The SMILES string of the molecule is CCCS(=O)(=O)NCC(=O)N1CCN(c2ncccn2)CC1. The summed E-state index contributed by atoms with van der Waals surface area (Å²) in [6.45, 7) is 3.95. The summed E-state index contributed by atoms with van der Waals surface area (Å²) in [4.78, 5) is 24.1. The van der Waals surface area contributed by atoms with Crippen LogP contribution in [0.15, 0.2) is 18.5 Å². The molecule has 0 bridgehead atoms. The standard InChI is InChI=1S/C13H21N5O3S/c1-2-10-22(20,21)16-11-12(19)17-6-8-18(9-7-17)13-14-4-3-5-15-13/h3-5,16H,2,6-11H2,1H3. The van der Waals surface area contributed by atoms with Crippen molar-refractivity contribution in [2.24, 2.45) is 0 Å². The molecular formula is C13H21N5O3S. The van der Waals surface area contributed by atoms with Gasteiger partial charge >= 0.3 is 0 Å². The molecule has 1 amide bonds. The molecule has 0 aliphatic carbocycles. The topological polar surface area (TPSA) is 95.5 Å². The molecule has 8 nitrogen and oxygen atoms in total. The lowest BCUT2D eigenvalue weighted by molar-refractivity contribution is -0.130. The lowest BCUT2D eigenvalue weighted by atomic mass is 10.3. The summed E-state index contributed by atoms with van der Waals surface area (Å²) in [5, 5.41) is 0. The Morgan fingerprint density at radius 3 is 2.45 bits per heavy atom. The highest BCUT2D eigenvalue weighted by Gasteiger charge is 2.23. The summed E-state index contributed by atoms with van der Waals surface area (Å²) in [7, 11) is -3.35. The molecule has 22 heavy (non-hydrogen) atoms. The molecule has 1 N–H and O–H groups in total. The van der Waals surface area contributed by atoms with Crippen LogP contribution in [-0.2, 0) is 14.8 Å². The van der Waals surface area contributed by atoms with Crippen LogP contribution < -0.4 is 9.62 Å². The van der Waals surface area contributed by atoms with Gasteiger partial charge in [0.25, 0.3) is 0 Å². The van der Waals surface area contributed by atoms with Crippen LogP contribution >= 0.6 is 0 Å². The number of carbonyl (C=O) groups excluding carboxylic acids is 1. The Balaban J connectivity index is 1.80. The van der Waals surface area contributed by atoms with E-state index in [9.17, 15) is 13.2 Å². The first kappa shape index (κ1) is 16.6. The second-order valence-electron chi connectivity index (χ2n) is 5.06. The van der Waals surface area contributed by atoms with E-state index in [2.05, 4.69) is 14.7 Å². The van der Waals surface area contributed by atoms with E-state index in [1.807, 2.05) is 4.90 Å². The molecule has 122 valence electrons. The van der Waals surface area contributed by atoms with Crippen molar-refractivity contribution in [3.05, 3.63) is 18.5 Å². The van der Waals surface area contributed by atoms with E-state index in [-0.39, 0.29) is 18.2 Å². The molecule has 0 spiro atoms. The van der Waals surface area contributed by atoms with E-state index < -0.39 is 10.0 Å². The van der Waals surface area contributed by atoms with E-state index >= 15 is 0 Å². The van der Waals surface area contributed by atoms with Gasteiger partial charge in [-0.1, -0.05) is 6.92 Å². The highest BCUT2D eigenvalue weighted by molar-refractivity contribution is 7.89. The largest absolute Gasteiger partial charge is 0.338 e.